The van der Waals surface area contributed by atoms with E-state index in [4.69, 9.17) is 32.5 Å². The summed E-state index contributed by atoms with van der Waals surface area (Å²) < 4.78 is 10.9. The third kappa shape index (κ3) is 3.72. The molecule has 0 radical (unpaired) electrons. The molecule has 0 spiro atoms. The second kappa shape index (κ2) is 7.97. The largest absolute Gasteiger partial charge is 0.402 e. The van der Waals surface area contributed by atoms with E-state index in [1.807, 2.05) is 43.3 Å². The number of cyclic esters (lactones) is 1. The van der Waals surface area contributed by atoms with Crippen LogP contribution in [0.1, 0.15) is 16.8 Å². The number of aryl methyl sites for hydroxylation is 1. The second-order valence-electron chi connectivity index (χ2n) is 6.89. The van der Waals surface area contributed by atoms with Crippen LogP contribution in [0, 0.1) is 6.92 Å². The molecule has 8 heteroatoms. The SMILES string of the molecule is Cc1noc(-c2c(Cl)cccc2Cl)c1C1=N/C(=C/c2ccc(N(C)C)cc2)C(=O)O1. The summed E-state index contributed by atoms with van der Waals surface area (Å²) in [5, 5.41) is 4.77. The lowest BCUT2D eigenvalue weighted by molar-refractivity contribution is -0.129. The zero-order valence-electron chi connectivity index (χ0n) is 16.4. The zero-order valence-corrected chi connectivity index (χ0v) is 18.0. The van der Waals surface area contributed by atoms with E-state index >= 15 is 0 Å². The van der Waals surface area contributed by atoms with Gasteiger partial charge in [-0.05, 0) is 42.8 Å². The fraction of sp³-hybridized carbons (Fsp3) is 0.136. The lowest BCUT2D eigenvalue weighted by Crippen LogP contribution is -2.08. The number of aromatic nitrogens is 1. The summed E-state index contributed by atoms with van der Waals surface area (Å²) in [7, 11) is 3.92. The fourth-order valence-corrected chi connectivity index (χ4v) is 3.62. The maximum atomic E-state index is 12.4. The number of benzene rings is 2. The van der Waals surface area contributed by atoms with Crippen molar-refractivity contribution in [2.24, 2.45) is 4.99 Å². The average Bonchev–Trinajstić information content (AvgIpc) is 3.24. The Bertz CT molecular complexity index is 1170. The molecule has 0 amide bonds. The first kappa shape index (κ1) is 20.2. The van der Waals surface area contributed by atoms with Crippen LogP contribution >= 0.6 is 23.2 Å². The van der Waals surface area contributed by atoms with Gasteiger partial charge in [-0.3, -0.25) is 0 Å². The fourth-order valence-electron chi connectivity index (χ4n) is 3.05. The van der Waals surface area contributed by atoms with E-state index in [9.17, 15) is 4.79 Å². The van der Waals surface area contributed by atoms with E-state index in [0.29, 0.717) is 32.6 Å². The molecule has 1 aromatic heterocycles. The summed E-state index contributed by atoms with van der Waals surface area (Å²) in [4.78, 5) is 18.8. The highest BCUT2D eigenvalue weighted by Crippen LogP contribution is 2.38. The zero-order chi connectivity index (χ0) is 21.4. The Labute approximate surface area is 183 Å². The van der Waals surface area contributed by atoms with Gasteiger partial charge in [-0.1, -0.05) is 46.6 Å². The van der Waals surface area contributed by atoms with Crippen molar-refractivity contribution in [1.82, 2.24) is 5.16 Å². The minimum absolute atomic E-state index is 0.0981. The number of rotatable bonds is 4. The minimum Gasteiger partial charge on any atom is -0.402 e. The van der Waals surface area contributed by atoms with Gasteiger partial charge < -0.3 is 14.2 Å². The quantitative estimate of drug-likeness (QED) is 0.402. The van der Waals surface area contributed by atoms with E-state index < -0.39 is 5.97 Å². The smallest absolute Gasteiger partial charge is 0.363 e. The van der Waals surface area contributed by atoms with Crippen LogP contribution in [-0.4, -0.2) is 31.1 Å². The molecule has 0 aliphatic carbocycles. The molecule has 30 heavy (non-hydrogen) atoms. The molecule has 1 aliphatic rings. The lowest BCUT2D eigenvalue weighted by atomic mass is 10.1. The van der Waals surface area contributed by atoms with Crippen molar-refractivity contribution in [2.75, 3.05) is 19.0 Å². The Hall–Kier alpha value is -3.09. The van der Waals surface area contributed by atoms with Crippen molar-refractivity contribution in [3.63, 3.8) is 0 Å². The molecular weight excluding hydrogens is 425 g/mol. The Morgan fingerprint density at radius 2 is 1.67 bits per heavy atom. The number of hydrogen-bond donors (Lipinski definition) is 0. The van der Waals surface area contributed by atoms with Gasteiger partial charge >= 0.3 is 5.97 Å². The van der Waals surface area contributed by atoms with Crippen LogP contribution in [0.4, 0.5) is 5.69 Å². The number of carbonyl (C=O) groups excluding carboxylic acids is 1. The van der Waals surface area contributed by atoms with E-state index in [-0.39, 0.29) is 11.6 Å². The minimum atomic E-state index is -0.557. The Kier molecular flexibility index (Phi) is 5.37. The second-order valence-corrected chi connectivity index (χ2v) is 7.71. The molecule has 2 aromatic carbocycles. The molecule has 2 heterocycles. The maximum Gasteiger partial charge on any atom is 0.363 e. The number of aliphatic imine (C=N–C) groups is 1. The molecule has 152 valence electrons. The van der Waals surface area contributed by atoms with Gasteiger partial charge in [0, 0.05) is 19.8 Å². The van der Waals surface area contributed by atoms with Crippen LogP contribution in [0.2, 0.25) is 10.0 Å². The van der Waals surface area contributed by atoms with Crippen LogP contribution < -0.4 is 4.90 Å². The van der Waals surface area contributed by atoms with Crippen molar-refractivity contribution in [1.29, 1.82) is 0 Å². The highest BCUT2D eigenvalue weighted by Gasteiger charge is 2.31. The molecule has 0 saturated carbocycles. The number of carbonyl (C=O) groups is 1. The van der Waals surface area contributed by atoms with Gasteiger partial charge in [-0.2, -0.15) is 0 Å². The molecular formula is C22H17Cl2N3O3. The standard InChI is InChI=1S/C22H17Cl2N3O3/c1-12-18(20(30-26-12)19-15(23)5-4-6-16(19)24)21-25-17(22(28)29-21)11-13-7-9-14(10-8-13)27(2)3/h4-11H,1-3H3/b17-11+. The highest BCUT2D eigenvalue weighted by molar-refractivity contribution is 6.39. The molecule has 1 aliphatic heterocycles. The first-order chi connectivity index (χ1) is 14.3. The van der Waals surface area contributed by atoms with Gasteiger partial charge in [0.2, 0.25) is 5.90 Å². The van der Waals surface area contributed by atoms with Crippen LogP contribution in [-0.2, 0) is 9.53 Å². The topological polar surface area (TPSA) is 67.9 Å². The number of halogens is 2. The van der Waals surface area contributed by atoms with Crippen molar-refractivity contribution in [3.8, 4) is 11.3 Å². The normalized spacial score (nSPS) is 14.8. The van der Waals surface area contributed by atoms with Gasteiger partial charge in [-0.25, -0.2) is 9.79 Å². The predicted octanol–water partition coefficient (Wildman–Crippen LogP) is 5.37. The molecule has 0 unspecified atom stereocenters. The van der Waals surface area contributed by atoms with Crippen molar-refractivity contribution in [2.45, 2.75) is 6.92 Å². The van der Waals surface area contributed by atoms with Crippen LogP contribution in [0.15, 0.2) is 57.7 Å². The molecule has 0 bridgehead atoms. The number of ether oxygens (including phenoxy) is 1. The van der Waals surface area contributed by atoms with Crippen molar-refractivity contribution < 1.29 is 14.1 Å². The molecule has 0 saturated heterocycles. The van der Waals surface area contributed by atoms with Gasteiger partial charge in [0.05, 0.1) is 21.3 Å². The number of esters is 1. The van der Waals surface area contributed by atoms with Crippen molar-refractivity contribution in [3.05, 3.63) is 75.0 Å². The number of hydrogen-bond acceptors (Lipinski definition) is 6. The molecule has 0 fully saturated rings. The van der Waals surface area contributed by atoms with E-state index in [1.165, 1.54) is 0 Å². The van der Waals surface area contributed by atoms with E-state index in [0.717, 1.165) is 11.3 Å². The van der Waals surface area contributed by atoms with Crippen LogP contribution in [0.3, 0.4) is 0 Å². The van der Waals surface area contributed by atoms with Gasteiger partial charge in [0.1, 0.15) is 5.56 Å². The molecule has 3 aromatic rings. The summed E-state index contributed by atoms with van der Waals surface area (Å²) in [5.41, 5.74) is 3.46. The summed E-state index contributed by atoms with van der Waals surface area (Å²) in [6, 6.07) is 12.8. The van der Waals surface area contributed by atoms with Gasteiger partial charge in [0.25, 0.3) is 0 Å². The average molecular weight is 442 g/mol. The molecule has 6 nitrogen and oxygen atoms in total. The summed E-state index contributed by atoms with van der Waals surface area (Å²) in [6.07, 6.45) is 1.67. The highest BCUT2D eigenvalue weighted by atomic mass is 35.5. The van der Waals surface area contributed by atoms with Crippen LogP contribution in [0.25, 0.3) is 17.4 Å². The molecule has 0 N–H and O–H groups in total. The van der Waals surface area contributed by atoms with Crippen LogP contribution in [0.5, 0.6) is 0 Å². The molecule has 4 rings (SSSR count). The van der Waals surface area contributed by atoms with Gasteiger partial charge in [0.15, 0.2) is 11.5 Å². The third-order valence-electron chi connectivity index (χ3n) is 4.60. The van der Waals surface area contributed by atoms with E-state index in [2.05, 4.69) is 10.1 Å². The Morgan fingerprint density at radius 1 is 1.00 bits per heavy atom. The van der Waals surface area contributed by atoms with Gasteiger partial charge in [-0.15, -0.1) is 0 Å². The first-order valence-electron chi connectivity index (χ1n) is 9.06. The summed E-state index contributed by atoms with van der Waals surface area (Å²) >= 11 is 12.6. The van der Waals surface area contributed by atoms with Crippen molar-refractivity contribution >= 4 is 46.8 Å². The summed E-state index contributed by atoms with van der Waals surface area (Å²) in [5.74, 6) is -0.161. The monoisotopic (exact) mass is 441 g/mol. The Morgan fingerprint density at radius 3 is 2.30 bits per heavy atom. The Balaban J connectivity index is 1.74. The number of anilines is 1. The lowest BCUT2D eigenvalue weighted by Gasteiger charge is -2.11. The first-order valence-corrected chi connectivity index (χ1v) is 9.81. The summed E-state index contributed by atoms with van der Waals surface area (Å²) in [6.45, 7) is 1.73. The number of nitrogens with zero attached hydrogens (tertiary/aromatic N) is 3. The third-order valence-corrected chi connectivity index (χ3v) is 5.23. The maximum absolute atomic E-state index is 12.4. The van der Waals surface area contributed by atoms with E-state index in [1.54, 1.807) is 31.2 Å². The molecule has 0 atom stereocenters. The predicted molar refractivity (Wildman–Crippen MR) is 118 cm³/mol.